The van der Waals surface area contributed by atoms with Gasteiger partial charge in [-0.15, -0.1) is 0 Å². The number of methoxy groups -OCH3 is 1. The van der Waals surface area contributed by atoms with Crippen LogP contribution in [-0.2, 0) is 4.79 Å². The van der Waals surface area contributed by atoms with Gasteiger partial charge in [-0.25, -0.2) is 4.98 Å². The molecule has 2 aromatic heterocycles. The summed E-state index contributed by atoms with van der Waals surface area (Å²) in [7, 11) is 1.61. The van der Waals surface area contributed by atoms with E-state index in [4.69, 9.17) is 13.9 Å². The van der Waals surface area contributed by atoms with Crippen LogP contribution < -0.4 is 14.8 Å². The van der Waals surface area contributed by atoms with Gasteiger partial charge in [0, 0.05) is 28.7 Å². The Bertz CT molecular complexity index is 1600. The number of rotatable bonds is 7. The predicted octanol–water partition coefficient (Wildman–Crippen LogP) is 7.47. The van der Waals surface area contributed by atoms with Crippen molar-refractivity contribution in [1.82, 2.24) is 4.98 Å². The number of furan rings is 1. The number of thiazole rings is 1. The number of benzene rings is 3. The normalized spacial score (nSPS) is 11.7. The fourth-order valence-electron chi connectivity index (χ4n) is 4.12. The van der Waals surface area contributed by atoms with Crippen molar-refractivity contribution in [2.75, 3.05) is 19.0 Å². The molecule has 182 valence electrons. The Kier molecular flexibility index (Phi) is 6.48. The number of hydrogen-bond acceptors (Lipinski definition) is 6. The molecule has 0 unspecified atom stereocenters. The van der Waals surface area contributed by atoms with E-state index in [0.29, 0.717) is 17.5 Å². The van der Waals surface area contributed by atoms with Crippen molar-refractivity contribution in [3.8, 4) is 22.6 Å². The average molecular weight is 499 g/mol. The maximum absolute atomic E-state index is 12.9. The number of nitrogens with zero attached hydrogens (tertiary/aromatic N) is 1. The monoisotopic (exact) mass is 498 g/mol. The molecule has 6 nitrogen and oxygen atoms in total. The Hall–Kier alpha value is -4.10. The topological polar surface area (TPSA) is 73.6 Å². The summed E-state index contributed by atoms with van der Waals surface area (Å²) in [4.78, 5) is 17.4. The molecule has 0 aliphatic rings. The predicted molar refractivity (Wildman–Crippen MR) is 146 cm³/mol. The third kappa shape index (κ3) is 4.70. The molecule has 3 aromatic carbocycles. The van der Waals surface area contributed by atoms with Crippen LogP contribution >= 0.6 is 11.3 Å². The van der Waals surface area contributed by atoms with Gasteiger partial charge in [-0.2, -0.15) is 0 Å². The number of nitrogens with one attached hydrogen (secondary N) is 1. The molecule has 0 bridgehead atoms. The molecule has 36 heavy (non-hydrogen) atoms. The number of allylic oxidation sites excluding steroid dienone is 1. The Labute approximate surface area is 213 Å². The van der Waals surface area contributed by atoms with E-state index in [2.05, 4.69) is 41.5 Å². The van der Waals surface area contributed by atoms with E-state index in [9.17, 15) is 4.79 Å². The van der Waals surface area contributed by atoms with E-state index in [1.54, 1.807) is 19.4 Å². The summed E-state index contributed by atoms with van der Waals surface area (Å²) in [6.07, 6.45) is 3.32. The van der Waals surface area contributed by atoms with E-state index in [0.717, 1.165) is 49.2 Å². The van der Waals surface area contributed by atoms with Gasteiger partial charge in [-0.05, 0) is 56.2 Å². The van der Waals surface area contributed by atoms with Crippen LogP contribution in [0.3, 0.4) is 0 Å². The maximum atomic E-state index is 12.9. The van der Waals surface area contributed by atoms with Gasteiger partial charge < -0.3 is 13.9 Å². The smallest absolute Gasteiger partial charge is 0.250 e. The highest BCUT2D eigenvalue weighted by molar-refractivity contribution is 7.22. The van der Waals surface area contributed by atoms with Crippen LogP contribution in [0.2, 0.25) is 0 Å². The summed E-state index contributed by atoms with van der Waals surface area (Å²) >= 11 is 1.41. The highest BCUT2D eigenvalue weighted by Crippen LogP contribution is 2.37. The second-order valence-corrected chi connectivity index (χ2v) is 9.49. The van der Waals surface area contributed by atoms with Gasteiger partial charge in [-0.1, -0.05) is 41.2 Å². The third-order valence-corrected chi connectivity index (χ3v) is 6.87. The van der Waals surface area contributed by atoms with Crippen molar-refractivity contribution in [3.63, 3.8) is 0 Å². The summed E-state index contributed by atoms with van der Waals surface area (Å²) in [6.45, 7) is 6.49. The van der Waals surface area contributed by atoms with Crippen molar-refractivity contribution in [2.45, 2.75) is 20.8 Å². The van der Waals surface area contributed by atoms with Crippen LogP contribution in [-0.4, -0.2) is 24.6 Å². The molecule has 5 aromatic rings. The molecule has 7 heteroatoms. The van der Waals surface area contributed by atoms with Gasteiger partial charge >= 0.3 is 0 Å². The van der Waals surface area contributed by atoms with Crippen molar-refractivity contribution < 1.29 is 18.7 Å². The molecule has 0 aliphatic heterocycles. The van der Waals surface area contributed by atoms with Gasteiger partial charge in [0.25, 0.3) is 0 Å². The lowest BCUT2D eigenvalue weighted by Gasteiger charge is -2.10. The Morgan fingerprint density at radius 3 is 2.69 bits per heavy atom. The first-order valence-electron chi connectivity index (χ1n) is 11.6. The first kappa shape index (κ1) is 23.6. The van der Waals surface area contributed by atoms with Gasteiger partial charge in [0.2, 0.25) is 5.91 Å². The number of ether oxygens (including phenoxy) is 2. The number of aryl methyl sites for hydroxylation is 1. The number of carbonyl (C=O) groups is 1. The van der Waals surface area contributed by atoms with Crippen LogP contribution in [0.5, 0.6) is 11.5 Å². The quantitative estimate of drug-likeness (QED) is 0.236. The van der Waals surface area contributed by atoms with E-state index in [1.165, 1.54) is 16.9 Å². The van der Waals surface area contributed by atoms with Crippen LogP contribution in [0, 0.1) is 6.92 Å². The highest BCUT2D eigenvalue weighted by atomic mass is 32.1. The van der Waals surface area contributed by atoms with Gasteiger partial charge in [0.1, 0.15) is 17.1 Å². The lowest BCUT2D eigenvalue weighted by molar-refractivity contribution is -0.111. The number of carbonyl (C=O) groups excluding carboxylic acids is 1. The van der Waals surface area contributed by atoms with Gasteiger partial charge in [-0.3, -0.25) is 10.1 Å². The number of amides is 1. The fraction of sp³-hybridized carbons (Fsp3) is 0.172. The summed E-state index contributed by atoms with van der Waals surface area (Å²) in [5, 5.41) is 4.38. The molecular weight excluding hydrogens is 472 g/mol. The zero-order valence-corrected chi connectivity index (χ0v) is 21.4. The first-order chi connectivity index (χ1) is 17.4. The molecule has 0 spiro atoms. The zero-order chi connectivity index (χ0) is 25.2. The van der Waals surface area contributed by atoms with E-state index in [1.807, 2.05) is 44.2 Å². The second-order valence-electron chi connectivity index (χ2n) is 8.46. The summed E-state index contributed by atoms with van der Waals surface area (Å²) < 4.78 is 18.0. The molecule has 0 atom stereocenters. The Morgan fingerprint density at radius 1 is 1.14 bits per heavy atom. The number of fused-ring (bicyclic) bond motifs is 2. The minimum atomic E-state index is -0.260. The Morgan fingerprint density at radius 2 is 1.94 bits per heavy atom. The molecule has 2 heterocycles. The van der Waals surface area contributed by atoms with Gasteiger partial charge in [0.15, 0.2) is 5.13 Å². The molecule has 0 saturated carbocycles. The molecule has 0 radical (unpaired) electrons. The average Bonchev–Trinajstić information content (AvgIpc) is 3.46. The molecule has 0 fully saturated rings. The minimum absolute atomic E-state index is 0.260. The first-order valence-corrected chi connectivity index (χ1v) is 12.5. The standard InChI is InChI=1S/C29H26N2O4S/c1-5-34-20-10-11-24-27(13-20)36-29(30-24)31-28(32)12-18(3)21-14-22-23(19-8-6-17(2)7-9-19)16-35-26(22)15-25(21)33-4/h6-16H,5H2,1-4H3,(H,30,31,32)/b18-12+. The van der Waals surface area contributed by atoms with Crippen LogP contribution in [0.1, 0.15) is 25.0 Å². The van der Waals surface area contributed by atoms with Crippen LogP contribution in [0.15, 0.2) is 71.4 Å². The molecule has 1 amide bonds. The van der Waals surface area contributed by atoms with Crippen molar-refractivity contribution in [2.24, 2.45) is 0 Å². The van der Waals surface area contributed by atoms with E-state index < -0.39 is 0 Å². The second kappa shape index (κ2) is 9.87. The lowest BCUT2D eigenvalue weighted by atomic mass is 9.99. The number of hydrogen-bond donors (Lipinski definition) is 1. The lowest BCUT2D eigenvalue weighted by Crippen LogP contribution is -2.08. The summed E-state index contributed by atoms with van der Waals surface area (Å²) in [5.41, 5.74) is 6.38. The third-order valence-electron chi connectivity index (χ3n) is 5.93. The van der Waals surface area contributed by atoms with Crippen LogP contribution in [0.25, 0.3) is 37.9 Å². The molecule has 5 rings (SSSR count). The van der Waals surface area contributed by atoms with Crippen LogP contribution in [0.4, 0.5) is 5.13 Å². The van der Waals surface area contributed by atoms with Gasteiger partial charge in [0.05, 0.1) is 30.2 Å². The molecular formula is C29H26N2O4S. The highest BCUT2D eigenvalue weighted by Gasteiger charge is 2.15. The maximum Gasteiger partial charge on any atom is 0.250 e. The molecule has 1 N–H and O–H groups in total. The SMILES string of the molecule is CCOc1ccc2nc(NC(=O)/C=C(\C)c3cc4c(-c5ccc(C)cc5)coc4cc3OC)sc2c1. The zero-order valence-electron chi connectivity index (χ0n) is 20.5. The van der Waals surface area contributed by atoms with Crippen molar-refractivity contribution in [1.29, 1.82) is 0 Å². The fourth-order valence-corrected chi connectivity index (χ4v) is 5.02. The van der Waals surface area contributed by atoms with E-state index >= 15 is 0 Å². The largest absolute Gasteiger partial charge is 0.496 e. The van der Waals surface area contributed by atoms with Crippen molar-refractivity contribution in [3.05, 3.63) is 78.1 Å². The number of anilines is 1. The summed E-state index contributed by atoms with van der Waals surface area (Å²) in [6, 6.07) is 17.9. The van der Waals surface area contributed by atoms with Crippen molar-refractivity contribution >= 4 is 49.1 Å². The Balaban J connectivity index is 1.44. The molecule has 0 aliphatic carbocycles. The number of aromatic nitrogens is 1. The summed E-state index contributed by atoms with van der Waals surface area (Å²) in [5.74, 6) is 1.16. The minimum Gasteiger partial charge on any atom is -0.496 e. The van der Waals surface area contributed by atoms with E-state index in [-0.39, 0.29) is 5.91 Å². The molecule has 0 saturated heterocycles.